The average Bonchev–Trinajstić information content (AvgIpc) is 2.36. The van der Waals surface area contributed by atoms with E-state index < -0.39 is 0 Å². The third-order valence-corrected chi connectivity index (χ3v) is 3.67. The molecule has 0 saturated carbocycles. The van der Waals surface area contributed by atoms with Crippen LogP contribution in [0.25, 0.3) is 0 Å². The van der Waals surface area contributed by atoms with Crippen LogP contribution in [0.15, 0.2) is 36.4 Å². The second-order valence-electron chi connectivity index (χ2n) is 4.55. The van der Waals surface area contributed by atoms with E-state index >= 15 is 0 Å². The van der Waals surface area contributed by atoms with Gasteiger partial charge in [-0.15, -0.1) is 0 Å². The topological polar surface area (TPSA) is 26.0 Å². The standard InChI is InChI=1S/C15H14Cl2FN/c1-9-2-3-11(6-14(9)18)15(19)7-10-4-5-12(16)8-13(10)17/h2-6,8,15H,7,19H2,1H3. The second kappa shape index (κ2) is 5.91. The van der Waals surface area contributed by atoms with E-state index in [1.807, 2.05) is 12.1 Å². The van der Waals surface area contributed by atoms with E-state index in [2.05, 4.69) is 0 Å². The van der Waals surface area contributed by atoms with Crippen molar-refractivity contribution in [2.24, 2.45) is 5.73 Å². The van der Waals surface area contributed by atoms with Crippen LogP contribution in [0.5, 0.6) is 0 Å². The molecular formula is C15H14Cl2FN. The molecule has 1 nitrogen and oxygen atoms in total. The fourth-order valence-corrected chi connectivity index (χ4v) is 2.37. The molecule has 0 aromatic heterocycles. The van der Waals surface area contributed by atoms with E-state index in [0.29, 0.717) is 22.0 Å². The third kappa shape index (κ3) is 3.47. The predicted molar refractivity (Wildman–Crippen MR) is 78.2 cm³/mol. The summed E-state index contributed by atoms with van der Waals surface area (Å²) in [5, 5.41) is 1.17. The molecule has 2 aromatic rings. The van der Waals surface area contributed by atoms with Gasteiger partial charge in [0.25, 0.3) is 0 Å². The van der Waals surface area contributed by atoms with Crippen molar-refractivity contribution < 1.29 is 4.39 Å². The average molecular weight is 298 g/mol. The summed E-state index contributed by atoms with van der Waals surface area (Å²) >= 11 is 11.9. The van der Waals surface area contributed by atoms with Crippen LogP contribution in [-0.2, 0) is 6.42 Å². The molecule has 2 rings (SSSR count). The zero-order chi connectivity index (χ0) is 14.0. The Morgan fingerprint density at radius 3 is 2.53 bits per heavy atom. The molecule has 0 aliphatic carbocycles. The monoisotopic (exact) mass is 297 g/mol. The summed E-state index contributed by atoms with van der Waals surface area (Å²) in [5.74, 6) is -0.241. The molecule has 0 spiro atoms. The van der Waals surface area contributed by atoms with Gasteiger partial charge in [0.2, 0.25) is 0 Å². The number of halogens is 3. The van der Waals surface area contributed by atoms with Gasteiger partial charge in [0.15, 0.2) is 0 Å². The van der Waals surface area contributed by atoms with Crippen molar-refractivity contribution in [3.05, 3.63) is 69.0 Å². The minimum atomic E-state index is -0.297. The summed E-state index contributed by atoms with van der Waals surface area (Å²) in [6.07, 6.45) is 0.540. The van der Waals surface area contributed by atoms with Gasteiger partial charge in [0.05, 0.1) is 0 Å². The lowest BCUT2D eigenvalue weighted by molar-refractivity contribution is 0.610. The van der Waals surface area contributed by atoms with Crippen LogP contribution in [0.4, 0.5) is 4.39 Å². The Morgan fingerprint density at radius 2 is 1.89 bits per heavy atom. The largest absolute Gasteiger partial charge is 0.324 e. The Labute approximate surface area is 122 Å². The highest BCUT2D eigenvalue weighted by molar-refractivity contribution is 6.35. The van der Waals surface area contributed by atoms with Crippen molar-refractivity contribution in [3.8, 4) is 0 Å². The fraction of sp³-hybridized carbons (Fsp3) is 0.200. The molecule has 2 aromatic carbocycles. The summed E-state index contributed by atoms with van der Waals surface area (Å²) in [6.45, 7) is 1.72. The Bertz CT molecular complexity index is 599. The molecule has 0 aliphatic rings. The summed E-state index contributed by atoms with van der Waals surface area (Å²) < 4.78 is 13.5. The summed E-state index contributed by atoms with van der Waals surface area (Å²) in [7, 11) is 0. The van der Waals surface area contributed by atoms with Gasteiger partial charge in [-0.05, 0) is 48.2 Å². The number of hydrogen-bond donors (Lipinski definition) is 1. The number of rotatable bonds is 3. The van der Waals surface area contributed by atoms with Gasteiger partial charge in [-0.2, -0.15) is 0 Å². The molecular weight excluding hydrogens is 284 g/mol. The molecule has 0 bridgehead atoms. The van der Waals surface area contributed by atoms with E-state index in [4.69, 9.17) is 28.9 Å². The molecule has 1 unspecified atom stereocenters. The van der Waals surface area contributed by atoms with Gasteiger partial charge in [0, 0.05) is 16.1 Å². The summed E-state index contributed by atoms with van der Waals surface area (Å²) in [5.41, 5.74) is 8.37. The first-order valence-electron chi connectivity index (χ1n) is 5.93. The van der Waals surface area contributed by atoms with Crippen LogP contribution < -0.4 is 5.73 Å². The molecule has 2 N–H and O–H groups in total. The molecule has 1 atom stereocenters. The van der Waals surface area contributed by atoms with Gasteiger partial charge in [-0.1, -0.05) is 41.4 Å². The molecule has 4 heteroatoms. The first-order chi connectivity index (χ1) is 8.97. The van der Waals surface area contributed by atoms with Crippen LogP contribution in [0.1, 0.15) is 22.7 Å². The highest BCUT2D eigenvalue weighted by Crippen LogP contribution is 2.25. The summed E-state index contributed by atoms with van der Waals surface area (Å²) in [4.78, 5) is 0. The van der Waals surface area contributed by atoms with Crippen molar-refractivity contribution in [2.45, 2.75) is 19.4 Å². The number of aryl methyl sites for hydroxylation is 1. The maximum Gasteiger partial charge on any atom is 0.126 e. The molecule has 0 heterocycles. The van der Waals surface area contributed by atoms with Gasteiger partial charge >= 0.3 is 0 Å². The zero-order valence-corrected chi connectivity index (χ0v) is 12.0. The zero-order valence-electron chi connectivity index (χ0n) is 10.5. The lowest BCUT2D eigenvalue weighted by Gasteiger charge is -2.14. The highest BCUT2D eigenvalue weighted by Gasteiger charge is 2.11. The molecule has 0 saturated heterocycles. The Balaban J connectivity index is 2.20. The molecule has 19 heavy (non-hydrogen) atoms. The number of benzene rings is 2. The number of nitrogens with two attached hydrogens (primary N) is 1. The maximum atomic E-state index is 13.5. The normalized spacial score (nSPS) is 12.5. The highest BCUT2D eigenvalue weighted by atomic mass is 35.5. The predicted octanol–water partition coefficient (Wildman–Crippen LogP) is 4.68. The van der Waals surface area contributed by atoms with Gasteiger partial charge in [-0.3, -0.25) is 0 Å². The lowest BCUT2D eigenvalue weighted by Crippen LogP contribution is -2.14. The molecule has 0 amide bonds. The van der Waals surface area contributed by atoms with Crippen molar-refractivity contribution in [2.75, 3.05) is 0 Å². The van der Waals surface area contributed by atoms with Crippen LogP contribution in [-0.4, -0.2) is 0 Å². The molecule has 100 valence electrons. The van der Waals surface area contributed by atoms with Crippen molar-refractivity contribution >= 4 is 23.2 Å². The maximum absolute atomic E-state index is 13.5. The summed E-state index contributed by atoms with van der Waals surface area (Å²) in [6, 6.07) is 10.0. The van der Waals surface area contributed by atoms with Crippen molar-refractivity contribution in [3.63, 3.8) is 0 Å². The van der Waals surface area contributed by atoms with Gasteiger partial charge in [0.1, 0.15) is 5.82 Å². The Hall–Kier alpha value is -1.09. The third-order valence-electron chi connectivity index (χ3n) is 3.08. The van der Waals surface area contributed by atoms with E-state index in [1.54, 1.807) is 25.1 Å². The first-order valence-corrected chi connectivity index (χ1v) is 6.68. The van der Waals surface area contributed by atoms with E-state index in [9.17, 15) is 4.39 Å². The van der Waals surface area contributed by atoms with Crippen molar-refractivity contribution in [1.82, 2.24) is 0 Å². The molecule has 0 radical (unpaired) electrons. The van der Waals surface area contributed by atoms with Crippen LogP contribution in [0.2, 0.25) is 10.0 Å². The number of hydrogen-bond acceptors (Lipinski definition) is 1. The van der Waals surface area contributed by atoms with Crippen LogP contribution >= 0.6 is 23.2 Å². The molecule has 0 fully saturated rings. The lowest BCUT2D eigenvalue weighted by atomic mass is 9.98. The van der Waals surface area contributed by atoms with Crippen molar-refractivity contribution in [1.29, 1.82) is 0 Å². The molecule has 0 aliphatic heterocycles. The van der Waals surface area contributed by atoms with Crippen LogP contribution in [0, 0.1) is 12.7 Å². The Kier molecular flexibility index (Phi) is 4.46. The SMILES string of the molecule is Cc1ccc(C(N)Cc2ccc(Cl)cc2Cl)cc1F. The van der Waals surface area contributed by atoms with Gasteiger partial charge in [-0.25, -0.2) is 4.39 Å². The minimum absolute atomic E-state index is 0.241. The van der Waals surface area contributed by atoms with E-state index in [1.165, 1.54) is 6.07 Å². The quantitative estimate of drug-likeness (QED) is 0.874. The smallest absolute Gasteiger partial charge is 0.126 e. The first kappa shape index (κ1) is 14.3. The Morgan fingerprint density at radius 1 is 1.16 bits per heavy atom. The minimum Gasteiger partial charge on any atom is -0.324 e. The second-order valence-corrected chi connectivity index (χ2v) is 5.40. The van der Waals surface area contributed by atoms with Crippen LogP contribution in [0.3, 0.4) is 0 Å². The van der Waals surface area contributed by atoms with Gasteiger partial charge < -0.3 is 5.73 Å². The fourth-order valence-electron chi connectivity index (χ4n) is 1.88. The van der Waals surface area contributed by atoms with E-state index in [0.717, 1.165) is 11.1 Å². The van der Waals surface area contributed by atoms with E-state index in [-0.39, 0.29) is 11.9 Å².